The summed E-state index contributed by atoms with van der Waals surface area (Å²) in [6, 6.07) is 2.62. The van der Waals surface area contributed by atoms with E-state index in [1.807, 2.05) is 13.0 Å². The van der Waals surface area contributed by atoms with E-state index in [1.165, 1.54) is 12.8 Å². The largest absolute Gasteiger partial charge is 0.397 e. The second-order valence-corrected chi connectivity index (χ2v) is 4.34. The van der Waals surface area contributed by atoms with Gasteiger partial charge in [-0.3, -0.25) is 0 Å². The molecule has 0 unspecified atom stereocenters. The highest BCUT2D eigenvalue weighted by molar-refractivity contribution is 5.51. The fourth-order valence-electron chi connectivity index (χ4n) is 1.87. The van der Waals surface area contributed by atoms with Gasteiger partial charge in [0.1, 0.15) is 5.82 Å². The summed E-state index contributed by atoms with van der Waals surface area (Å²) in [5.74, 6) is 1.82. The van der Waals surface area contributed by atoms with Crippen LogP contribution in [0.1, 0.15) is 25.3 Å². The van der Waals surface area contributed by atoms with Crippen LogP contribution in [0.25, 0.3) is 0 Å². The predicted molar refractivity (Wildman–Crippen MR) is 59.2 cm³/mol. The number of pyridine rings is 1. The molecular formula is C11H17N3. The molecular weight excluding hydrogens is 174 g/mol. The number of nitrogen functional groups attached to an aromatic ring is 1. The van der Waals surface area contributed by atoms with E-state index in [2.05, 4.69) is 17.2 Å². The summed E-state index contributed by atoms with van der Waals surface area (Å²) in [7, 11) is 0. The molecule has 1 saturated carbocycles. The standard InChI is InChI=1S/C11H17N3/c1-7-3-9(4-7)14-11-5-8(2)10(12)6-13-11/h5-7,9H,3-4,12H2,1-2H3,(H,13,14). The van der Waals surface area contributed by atoms with E-state index >= 15 is 0 Å². The summed E-state index contributed by atoms with van der Waals surface area (Å²) < 4.78 is 0. The highest BCUT2D eigenvalue weighted by Gasteiger charge is 2.25. The van der Waals surface area contributed by atoms with Gasteiger partial charge < -0.3 is 11.1 Å². The molecule has 3 nitrogen and oxygen atoms in total. The van der Waals surface area contributed by atoms with Gasteiger partial charge in [-0.15, -0.1) is 0 Å². The number of hydrogen-bond donors (Lipinski definition) is 2. The van der Waals surface area contributed by atoms with E-state index < -0.39 is 0 Å². The second kappa shape index (κ2) is 3.48. The van der Waals surface area contributed by atoms with Crippen molar-refractivity contribution in [1.29, 1.82) is 0 Å². The Kier molecular flexibility index (Phi) is 2.32. The fraction of sp³-hybridized carbons (Fsp3) is 0.545. The minimum absolute atomic E-state index is 0.612. The number of aromatic nitrogens is 1. The smallest absolute Gasteiger partial charge is 0.126 e. The average Bonchev–Trinajstić information content (AvgIpc) is 2.09. The van der Waals surface area contributed by atoms with Crippen molar-refractivity contribution in [2.45, 2.75) is 32.7 Å². The number of rotatable bonds is 2. The van der Waals surface area contributed by atoms with Crippen molar-refractivity contribution < 1.29 is 0 Å². The highest BCUT2D eigenvalue weighted by Crippen LogP contribution is 2.29. The Balaban J connectivity index is 2.00. The van der Waals surface area contributed by atoms with Crippen molar-refractivity contribution in [3.63, 3.8) is 0 Å². The zero-order chi connectivity index (χ0) is 10.1. The van der Waals surface area contributed by atoms with Crippen LogP contribution in [0.4, 0.5) is 11.5 Å². The van der Waals surface area contributed by atoms with E-state index in [1.54, 1.807) is 6.20 Å². The van der Waals surface area contributed by atoms with Crippen LogP contribution in [0.5, 0.6) is 0 Å². The molecule has 1 aliphatic rings. The fourth-order valence-corrected chi connectivity index (χ4v) is 1.87. The van der Waals surface area contributed by atoms with Gasteiger partial charge in [0.25, 0.3) is 0 Å². The molecule has 1 fully saturated rings. The monoisotopic (exact) mass is 191 g/mol. The Morgan fingerprint density at radius 2 is 2.21 bits per heavy atom. The summed E-state index contributed by atoms with van der Waals surface area (Å²) in [4.78, 5) is 4.25. The first-order valence-electron chi connectivity index (χ1n) is 5.14. The van der Waals surface area contributed by atoms with Crippen LogP contribution in [-0.4, -0.2) is 11.0 Å². The number of nitrogens with zero attached hydrogens (tertiary/aromatic N) is 1. The van der Waals surface area contributed by atoms with Gasteiger partial charge in [0.15, 0.2) is 0 Å². The van der Waals surface area contributed by atoms with Crippen LogP contribution in [0.3, 0.4) is 0 Å². The lowest BCUT2D eigenvalue weighted by Gasteiger charge is -2.33. The lowest BCUT2D eigenvalue weighted by atomic mass is 9.82. The van der Waals surface area contributed by atoms with Gasteiger partial charge in [-0.1, -0.05) is 6.92 Å². The Hall–Kier alpha value is -1.25. The third-order valence-electron chi connectivity index (χ3n) is 2.88. The summed E-state index contributed by atoms with van der Waals surface area (Å²) in [5, 5.41) is 3.41. The molecule has 0 bridgehead atoms. The first kappa shape index (κ1) is 9.31. The number of nitrogens with one attached hydrogen (secondary N) is 1. The maximum absolute atomic E-state index is 5.70. The number of aryl methyl sites for hydroxylation is 1. The van der Waals surface area contributed by atoms with Gasteiger partial charge >= 0.3 is 0 Å². The molecule has 76 valence electrons. The molecule has 1 aromatic heterocycles. The molecule has 0 saturated heterocycles. The van der Waals surface area contributed by atoms with Crippen LogP contribution in [0.15, 0.2) is 12.3 Å². The van der Waals surface area contributed by atoms with Gasteiger partial charge in [0.2, 0.25) is 0 Å². The molecule has 0 aliphatic heterocycles. The van der Waals surface area contributed by atoms with Gasteiger partial charge in [0.05, 0.1) is 11.9 Å². The zero-order valence-corrected chi connectivity index (χ0v) is 8.75. The Bertz CT molecular complexity index is 329. The Morgan fingerprint density at radius 1 is 1.50 bits per heavy atom. The first-order valence-corrected chi connectivity index (χ1v) is 5.14. The third kappa shape index (κ3) is 1.81. The zero-order valence-electron chi connectivity index (χ0n) is 8.75. The predicted octanol–water partition coefficient (Wildman–Crippen LogP) is 2.18. The van der Waals surface area contributed by atoms with E-state index in [-0.39, 0.29) is 0 Å². The van der Waals surface area contributed by atoms with Crippen LogP contribution >= 0.6 is 0 Å². The molecule has 0 amide bonds. The normalized spacial score (nSPS) is 25.6. The lowest BCUT2D eigenvalue weighted by molar-refractivity contribution is 0.308. The van der Waals surface area contributed by atoms with E-state index in [9.17, 15) is 0 Å². The highest BCUT2D eigenvalue weighted by atomic mass is 15.0. The van der Waals surface area contributed by atoms with Crippen molar-refractivity contribution in [2.24, 2.45) is 5.92 Å². The molecule has 0 radical (unpaired) electrons. The summed E-state index contributed by atoms with van der Waals surface area (Å²) in [6.07, 6.45) is 4.23. The van der Waals surface area contributed by atoms with Crippen LogP contribution in [-0.2, 0) is 0 Å². The minimum atomic E-state index is 0.612. The van der Waals surface area contributed by atoms with Gasteiger partial charge in [0, 0.05) is 6.04 Å². The lowest BCUT2D eigenvalue weighted by Crippen LogP contribution is -2.34. The van der Waals surface area contributed by atoms with Gasteiger partial charge in [-0.2, -0.15) is 0 Å². The Labute approximate surface area is 84.7 Å². The number of hydrogen-bond acceptors (Lipinski definition) is 3. The molecule has 1 aliphatic carbocycles. The molecule has 0 atom stereocenters. The molecule has 1 heterocycles. The molecule has 14 heavy (non-hydrogen) atoms. The quantitative estimate of drug-likeness (QED) is 0.753. The van der Waals surface area contributed by atoms with Crippen molar-refractivity contribution in [1.82, 2.24) is 4.98 Å². The second-order valence-electron chi connectivity index (χ2n) is 4.34. The third-order valence-corrected chi connectivity index (χ3v) is 2.88. The van der Waals surface area contributed by atoms with Crippen molar-refractivity contribution in [2.75, 3.05) is 11.1 Å². The summed E-state index contributed by atoms with van der Waals surface area (Å²) in [6.45, 7) is 4.28. The van der Waals surface area contributed by atoms with Crippen molar-refractivity contribution >= 4 is 11.5 Å². The topological polar surface area (TPSA) is 50.9 Å². The average molecular weight is 191 g/mol. The van der Waals surface area contributed by atoms with Crippen LogP contribution < -0.4 is 11.1 Å². The first-order chi connectivity index (χ1) is 6.65. The van der Waals surface area contributed by atoms with Crippen molar-refractivity contribution in [3.8, 4) is 0 Å². The van der Waals surface area contributed by atoms with Crippen LogP contribution in [0.2, 0.25) is 0 Å². The SMILES string of the molecule is Cc1cc(NC2CC(C)C2)ncc1N. The number of anilines is 2. The summed E-state index contributed by atoms with van der Waals surface area (Å²) in [5.41, 5.74) is 7.55. The van der Waals surface area contributed by atoms with E-state index in [0.717, 1.165) is 23.0 Å². The molecule has 1 aromatic rings. The molecule has 0 aromatic carbocycles. The molecule has 3 heteroatoms. The number of nitrogens with two attached hydrogens (primary N) is 1. The van der Waals surface area contributed by atoms with Crippen LogP contribution in [0, 0.1) is 12.8 Å². The van der Waals surface area contributed by atoms with Gasteiger partial charge in [-0.05, 0) is 37.3 Å². The molecule has 3 N–H and O–H groups in total. The Morgan fingerprint density at radius 3 is 2.79 bits per heavy atom. The maximum atomic E-state index is 5.70. The van der Waals surface area contributed by atoms with Crippen molar-refractivity contribution in [3.05, 3.63) is 17.8 Å². The summed E-state index contributed by atoms with van der Waals surface area (Å²) >= 11 is 0. The van der Waals surface area contributed by atoms with E-state index in [0.29, 0.717) is 6.04 Å². The van der Waals surface area contributed by atoms with E-state index in [4.69, 9.17) is 5.73 Å². The molecule has 2 rings (SSSR count). The van der Waals surface area contributed by atoms with Gasteiger partial charge in [-0.25, -0.2) is 4.98 Å². The minimum Gasteiger partial charge on any atom is -0.397 e. The maximum Gasteiger partial charge on any atom is 0.126 e. The molecule has 0 spiro atoms.